The molecule has 0 amide bonds. The maximum Gasteiger partial charge on any atom is 0.137 e. The largest absolute Gasteiger partial charge is 0.497 e. The van der Waals surface area contributed by atoms with Gasteiger partial charge in [-0.15, -0.1) is 0 Å². The maximum atomic E-state index is 5.34. The summed E-state index contributed by atoms with van der Waals surface area (Å²) in [5.41, 5.74) is 6.31. The third-order valence-corrected chi connectivity index (χ3v) is 5.78. The molecule has 1 aliphatic heterocycles. The first-order chi connectivity index (χ1) is 15.3. The Labute approximate surface area is 181 Å². The molecule has 1 aliphatic rings. The predicted molar refractivity (Wildman–Crippen MR) is 121 cm³/mol. The van der Waals surface area contributed by atoms with E-state index in [-0.39, 0.29) is 0 Å². The Bertz CT molecular complexity index is 1150. The van der Waals surface area contributed by atoms with E-state index in [1.54, 1.807) is 13.4 Å². The Hall–Kier alpha value is -3.29. The zero-order chi connectivity index (χ0) is 21.0. The third kappa shape index (κ3) is 4.15. The minimum absolute atomic E-state index is 0.846. The van der Waals surface area contributed by atoms with E-state index in [2.05, 4.69) is 55.0 Å². The van der Waals surface area contributed by atoms with Crippen LogP contribution in [-0.4, -0.2) is 57.5 Å². The molecule has 0 aliphatic carbocycles. The molecule has 31 heavy (non-hydrogen) atoms. The number of nitrogens with zero attached hydrogens (tertiary/aromatic N) is 5. The number of benzene rings is 1. The van der Waals surface area contributed by atoms with Crippen LogP contribution in [0.1, 0.15) is 12.1 Å². The van der Waals surface area contributed by atoms with Crippen LogP contribution in [0.25, 0.3) is 28.0 Å². The lowest BCUT2D eigenvalue weighted by atomic mass is 10.1. The summed E-state index contributed by atoms with van der Waals surface area (Å²) in [6, 6.07) is 12.3. The van der Waals surface area contributed by atoms with Crippen molar-refractivity contribution in [3.8, 4) is 28.1 Å². The second kappa shape index (κ2) is 8.83. The predicted octanol–water partition coefficient (Wildman–Crippen LogP) is 3.26. The Morgan fingerprint density at radius 3 is 2.55 bits per heavy atom. The Morgan fingerprint density at radius 1 is 0.935 bits per heavy atom. The van der Waals surface area contributed by atoms with E-state index >= 15 is 0 Å². The first kappa shape index (κ1) is 19.7. The molecule has 0 spiro atoms. The molecule has 0 saturated carbocycles. The van der Waals surface area contributed by atoms with Gasteiger partial charge in [-0.05, 0) is 55.9 Å². The molecule has 7 heteroatoms. The van der Waals surface area contributed by atoms with Crippen molar-refractivity contribution < 1.29 is 4.74 Å². The highest BCUT2D eigenvalue weighted by atomic mass is 16.5. The van der Waals surface area contributed by atoms with E-state index < -0.39 is 0 Å². The topological polar surface area (TPSA) is 67.6 Å². The van der Waals surface area contributed by atoms with Crippen molar-refractivity contribution in [2.24, 2.45) is 0 Å². The van der Waals surface area contributed by atoms with E-state index in [0.29, 0.717) is 0 Å². The lowest BCUT2D eigenvalue weighted by Gasteiger charge is -2.20. The van der Waals surface area contributed by atoms with Crippen molar-refractivity contribution >= 4 is 5.65 Å². The molecule has 0 bridgehead atoms. The number of hydrogen-bond donors (Lipinski definition) is 1. The van der Waals surface area contributed by atoms with E-state index in [1.807, 2.05) is 24.5 Å². The van der Waals surface area contributed by atoms with Crippen molar-refractivity contribution in [3.05, 3.63) is 67.0 Å². The fourth-order valence-corrected chi connectivity index (χ4v) is 4.11. The molecule has 1 N–H and O–H groups in total. The molecule has 0 atom stereocenters. The monoisotopic (exact) mass is 414 g/mol. The van der Waals surface area contributed by atoms with Gasteiger partial charge < -0.3 is 14.5 Å². The van der Waals surface area contributed by atoms with Gasteiger partial charge in [0.1, 0.15) is 17.7 Å². The number of ether oxygens (including phenoxy) is 1. The fourth-order valence-electron chi connectivity index (χ4n) is 4.11. The van der Waals surface area contributed by atoms with E-state index in [1.165, 1.54) is 5.69 Å². The van der Waals surface area contributed by atoms with Crippen LogP contribution in [0.15, 0.2) is 61.3 Å². The van der Waals surface area contributed by atoms with Crippen LogP contribution in [0.4, 0.5) is 0 Å². The second-order valence-corrected chi connectivity index (χ2v) is 7.79. The molecule has 5 rings (SSSR count). The number of rotatable bonds is 5. The average molecular weight is 415 g/mol. The minimum atomic E-state index is 0.846. The summed E-state index contributed by atoms with van der Waals surface area (Å²) in [4.78, 5) is 15.9. The van der Waals surface area contributed by atoms with Gasteiger partial charge in [-0.2, -0.15) is 0 Å². The van der Waals surface area contributed by atoms with Gasteiger partial charge in [0.15, 0.2) is 0 Å². The number of methoxy groups -OCH3 is 1. The summed E-state index contributed by atoms with van der Waals surface area (Å²) in [7, 11) is 1.69. The molecular weight excluding hydrogens is 388 g/mol. The van der Waals surface area contributed by atoms with Crippen LogP contribution < -0.4 is 10.1 Å². The van der Waals surface area contributed by atoms with Crippen molar-refractivity contribution in [1.82, 2.24) is 29.6 Å². The standard InChI is InChI=1S/C24H26N6O/c1-31-21-6-3-18(4-7-21)24-22(16-29-11-2-9-25-10-12-29)30-15-19(5-8-23(30)28-24)20-13-26-17-27-14-20/h3-8,13-15,17,25H,2,9-12,16H2,1H3. The number of hydrogen-bond acceptors (Lipinski definition) is 6. The molecule has 158 valence electrons. The van der Waals surface area contributed by atoms with Gasteiger partial charge in [0.2, 0.25) is 0 Å². The van der Waals surface area contributed by atoms with E-state index in [9.17, 15) is 0 Å². The molecular formula is C24H26N6O. The molecule has 4 aromatic rings. The summed E-state index contributed by atoms with van der Waals surface area (Å²) in [6.45, 7) is 5.04. The highest BCUT2D eigenvalue weighted by Crippen LogP contribution is 2.29. The first-order valence-electron chi connectivity index (χ1n) is 10.7. The van der Waals surface area contributed by atoms with Crippen LogP contribution >= 0.6 is 0 Å². The van der Waals surface area contributed by atoms with Crippen LogP contribution in [0.5, 0.6) is 5.75 Å². The number of imidazole rings is 1. The Balaban J connectivity index is 1.61. The normalized spacial score (nSPS) is 15.1. The Morgan fingerprint density at radius 2 is 1.74 bits per heavy atom. The quantitative estimate of drug-likeness (QED) is 0.541. The smallest absolute Gasteiger partial charge is 0.137 e. The summed E-state index contributed by atoms with van der Waals surface area (Å²) < 4.78 is 7.56. The van der Waals surface area contributed by atoms with Crippen LogP contribution in [0, 0.1) is 0 Å². The molecule has 0 unspecified atom stereocenters. The van der Waals surface area contributed by atoms with Crippen molar-refractivity contribution in [3.63, 3.8) is 0 Å². The second-order valence-electron chi connectivity index (χ2n) is 7.79. The fraction of sp³-hybridized carbons (Fsp3) is 0.292. The summed E-state index contributed by atoms with van der Waals surface area (Å²) in [5, 5.41) is 3.49. The number of aromatic nitrogens is 4. The number of pyridine rings is 1. The average Bonchev–Trinajstić information content (AvgIpc) is 2.98. The van der Waals surface area contributed by atoms with E-state index in [0.717, 1.165) is 72.9 Å². The van der Waals surface area contributed by atoms with Crippen molar-refractivity contribution in [1.29, 1.82) is 0 Å². The first-order valence-corrected chi connectivity index (χ1v) is 10.7. The molecule has 1 aromatic carbocycles. The summed E-state index contributed by atoms with van der Waals surface area (Å²) in [5.74, 6) is 0.846. The molecule has 4 heterocycles. The molecule has 1 saturated heterocycles. The Kier molecular flexibility index (Phi) is 5.60. The lowest BCUT2D eigenvalue weighted by molar-refractivity contribution is 0.281. The summed E-state index contributed by atoms with van der Waals surface area (Å²) in [6.07, 6.45) is 8.55. The highest BCUT2D eigenvalue weighted by molar-refractivity contribution is 5.70. The molecule has 0 radical (unpaired) electrons. The van der Waals surface area contributed by atoms with Gasteiger partial charge in [0.25, 0.3) is 0 Å². The molecule has 1 fully saturated rings. The van der Waals surface area contributed by atoms with Gasteiger partial charge in [-0.1, -0.05) is 0 Å². The van der Waals surface area contributed by atoms with Gasteiger partial charge in [0.05, 0.1) is 18.5 Å². The van der Waals surface area contributed by atoms with Crippen LogP contribution in [-0.2, 0) is 6.54 Å². The number of nitrogens with one attached hydrogen (secondary N) is 1. The SMILES string of the molecule is COc1ccc(-c2nc3ccc(-c4cncnc4)cn3c2CN2CCCNCC2)cc1. The maximum absolute atomic E-state index is 5.34. The van der Waals surface area contributed by atoms with E-state index in [4.69, 9.17) is 9.72 Å². The highest BCUT2D eigenvalue weighted by Gasteiger charge is 2.19. The zero-order valence-electron chi connectivity index (χ0n) is 17.7. The van der Waals surface area contributed by atoms with Crippen LogP contribution in [0.2, 0.25) is 0 Å². The summed E-state index contributed by atoms with van der Waals surface area (Å²) >= 11 is 0. The van der Waals surface area contributed by atoms with Gasteiger partial charge >= 0.3 is 0 Å². The van der Waals surface area contributed by atoms with Gasteiger partial charge in [-0.3, -0.25) is 4.90 Å². The van der Waals surface area contributed by atoms with Crippen LogP contribution in [0.3, 0.4) is 0 Å². The number of fused-ring (bicyclic) bond motifs is 1. The minimum Gasteiger partial charge on any atom is -0.497 e. The van der Waals surface area contributed by atoms with Crippen molar-refractivity contribution in [2.75, 3.05) is 33.3 Å². The molecule has 3 aromatic heterocycles. The van der Waals surface area contributed by atoms with Gasteiger partial charge in [-0.25, -0.2) is 15.0 Å². The van der Waals surface area contributed by atoms with Gasteiger partial charge in [0, 0.05) is 54.9 Å². The zero-order valence-corrected chi connectivity index (χ0v) is 17.7. The molecule has 7 nitrogen and oxygen atoms in total. The third-order valence-electron chi connectivity index (χ3n) is 5.78. The lowest BCUT2D eigenvalue weighted by Crippen LogP contribution is -2.28. The van der Waals surface area contributed by atoms with Crippen molar-refractivity contribution in [2.45, 2.75) is 13.0 Å².